The lowest BCUT2D eigenvalue weighted by Gasteiger charge is -2.15. The van der Waals surface area contributed by atoms with Crippen LogP contribution in [0.15, 0.2) is 22.7 Å². The maximum absolute atomic E-state index is 11.8. The minimum absolute atomic E-state index is 0.287. The summed E-state index contributed by atoms with van der Waals surface area (Å²) in [4.78, 5) is 11.8. The minimum atomic E-state index is -0.427. The predicted octanol–water partition coefficient (Wildman–Crippen LogP) is 2.63. The van der Waals surface area contributed by atoms with Crippen LogP contribution in [0, 0.1) is 0 Å². The molecule has 0 N–H and O–H groups in total. The van der Waals surface area contributed by atoms with Crippen LogP contribution in [0.5, 0.6) is 5.75 Å². The number of fused-ring (bicyclic) bond motifs is 3. The van der Waals surface area contributed by atoms with Crippen molar-refractivity contribution in [2.45, 2.75) is 19.8 Å². The van der Waals surface area contributed by atoms with E-state index in [-0.39, 0.29) is 5.69 Å². The average molecular weight is 273 g/mol. The van der Waals surface area contributed by atoms with E-state index in [4.69, 9.17) is 14.0 Å². The van der Waals surface area contributed by atoms with Gasteiger partial charge in [0.05, 0.1) is 13.7 Å². The zero-order valence-electron chi connectivity index (χ0n) is 11.4. The number of carbonyl (C=O) groups excluding carboxylic acids is 1. The summed E-state index contributed by atoms with van der Waals surface area (Å²) < 4.78 is 15.6. The Bertz CT molecular complexity index is 660. The molecule has 0 aliphatic heterocycles. The van der Waals surface area contributed by atoms with Crippen LogP contribution < -0.4 is 4.74 Å². The molecule has 5 nitrogen and oxygen atoms in total. The largest absolute Gasteiger partial charge is 0.497 e. The summed E-state index contributed by atoms with van der Waals surface area (Å²) in [6.07, 6.45) is 1.58. The zero-order chi connectivity index (χ0) is 14.1. The Morgan fingerprint density at radius 2 is 2.25 bits per heavy atom. The number of aryl methyl sites for hydroxylation is 1. The summed E-state index contributed by atoms with van der Waals surface area (Å²) in [5.74, 6) is 0.975. The first-order valence-electron chi connectivity index (χ1n) is 6.57. The third-order valence-corrected chi connectivity index (χ3v) is 3.46. The van der Waals surface area contributed by atoms with Gasteiger partial charge in [0, 0.05) is 11.1 Å². The van der Waals surface area contributed by atoms with Gasteiger partial charge in [0.15, 0.2) is 11.5 Å². The highest BCUT2D eigenvalue weighted by Gasteiger charge is 2.28. The van der Waals surface area contributed by atoms with Gasteiger partial charge in [0.2, 0.25) is 0 Å². The van der Waals surface area contributed by atoms with Crippen molar-refractivity contribution in [1.29, 1.82) is 0 Å². The normalized spacial score (nSPS) is 12.5. The topological polar surface area (TPSA) is 61.6 Å². The van der Waals surface area contributed by atoms with Crippen LogP contribution >= 0.6 is 0 Å². The van der Waals surface area contributed by atoms with E-state index in [1.807, 2.05) is 18.2 Å². The Kier molecular flexibility index (Phi) is 3.18. The Labute approximate surface area is 116 Å². The highest BCUT2D eigenvalue weighted by Crippen LogP contribution is 2.37. The van der Waals surface area contributed by atoms with E-state index >= 15 is 0 Å². The predicted molar refractivity (Wildman–Crippen MR) is 71.9 cm³/mol. The molecule has 1 heterocycles. The van der Waals surface area contributed by atoms with E-state index in [9.17, 15) is 4.79 Å². The highest BCUT2D eigenvalue weighted by atomic mass is 16.5. The van der Waals surface area contributed by atoms with Crippen LogP contribution in [0.4, 0.5) is 0 Å². The molecule has 2 aromatic rings. The van der Waals surface area contributed by atoms with Gasteiger partial charge in [-0.25, -0.2) is 4.79 Å². The van der Waals surface area contributed by atoms with E-state index in [1.165, 1.54) is 5.56 Å². The smallest absolute Gasteiger partial charge is 0.360 e. The molecule has 1 aliphatic rings. The van der Waals surface area contributed by atoms with Crippen molar-refractivity contribution >= 4 is 5.97 Å². The van der Waals surface area contributed by atoms with Gasteiger partial charge in [-0.15, -0.1) is 0 Å². The molecule has 1 aromatic carbocycles. The first-order valence-corrected chi connectivity index (χ1v) is 6.57. The average Bonchev–Trinajstić information content (AvgIpc) is 2.91. The Hall–Kier alpha value is -2.30. The van der Waals surface area contributed by atoms with E-state index in [1.54, 1.807) is 14.0 Å². The number of hydrogen-bond acceptors (Lipinski definition) is 5. The molecule has 20 heavy (non-hydrogen) atoms. The molecule has 3 rings (SSSR count). The summed E-state index contributed by atoms with van der Waals surface area (Å²) in [6.45, 7) is 2.09. The van der Waals surface area contributed by atoms with E-state index in [0.717, 1.165) is 29.7 Å². The number of benzene rings is 1. The molecule has 104 valence electrons. The number of methoxy groups -OCH3 is 1. The second-order valence-corrected chi connectivity index (χ2v) is 4.58. The Morgan fingerprint density at radius 3 is 3.00 bits per heavy atom. The second kappa shape index (κ2) is 5.00. The van der Waals surface area contributed by atoms with E-state index < -0.39 is 5.97 Å². The number of ether oxygens (including phenoxy) is 2. The van der Waals surface area contributed by atoms with Gasteiger partial charge in [-0.05, 0) is 37.5 Å². The number of rotatable bonds is 3. The van der Waals surface area contributed by atoms with E-state index in [0.29, 0.717) is 12.4 Å². The summed E-state index contributed by atoms with van der Waals surface area (Å²) in [5, 5.41) is 3.88. The first kappa shape index (κ1) is 12.7. The third kappa shape index (κ3) is 1.95. The third-order valence-electron chi connectivity index (χ3n) is 3.46. The van der Waals surface area contributed by atoms with Gasteiger partial charge in [-0.3, -0.25) is 0 Å². The van der Waals surface area contributed by atoms with Crippen LogP contribution in [0.1, 0.15) is 28.5 Å². The lowest BCUT2D eigenvalue weighted by atomic mass is 9.89. The van der Waals surface area contributed by atoms with Gasteiger partial charge >= 0.3 is 5.97 Å². The fourth-order valence-corrected chi connectivity index (χ4v) is 2.48. The van der Waals surface area contributed by atoms with Gasteiger partial charge in [0.1, 0.15) is 5.75 Å². The van der Waals surface area contributed by atoms with Crippen LogP contribution in [-0.2, 0) is 17.6 Å². The van der Waals surface area contributed by atoms with Crippen molar-refractivity contribution in [1.82, 2.24) is 5.16 Å². The van der Waals surface area contributed by atoms with Crippen molar-refractivity contribution in [2.75, 3.05) is 13.7 Å². The molecule has 0 amide bonds. The molecule has 0 fully saturated rings. The molecule has 0 atom stereocenters. The van der Waals surface area contributed by atoms with Crippen molar-refractivity contribution in [3.63, 3.8) is 0 Å². The van der Waals surface area contributed by atoms with Gasteiger partial charge in [-0.2, -0.15) is 0 Å². The first-order chi connectivity index (χ1) is 9.74. The van der Waals surface area contributed by atoms with Crippen molar-refractivity contribution in [3.05, 3.63) is 35.0 Å². The minimum Gasteiger partial charge on any atom is -0.497 e. The quantitative estimate of drug-likeness (QED) is 0.804. The number of esters is 1. The molecule has 0 saturated heterocycles. The molecule has 0 spiro atoms. The molecule has 5 heteroatoms. The van der Waals surface area contributed by atoms with E-state index in [2.05, 4.69) is 5.16 Å². The number of carbonyl (C=O) groups is 1. The molecule has 0 unspecified atom stereocenters. The molecule has 0 bridgehead atoms. The standard InChI is InChI=1S/C15H15NO4/c1-3-19-15(17)13-11-7-5-9-4-6-10(18-2)8-12(9)14(11)20-16-13/h4,6,8H,3,5,7H2,1-2H3. The Balaban J connectivity index is 2.07. The van der Waals surface area contributed by atoms with Crippen LogP contribution in [0.25, 0.3) is 11.3 Å². The molecular formula is C15H15NO4. The lowest BCUT2D eigenvalue weighted by molar-refractivity contribution is 0.0513. The zero-order valence-corrected chi connectivity index (χ0v) is 11.4. The monoisotopic (exact) mass is 273 g/mol. The SMILES string of the molecule is CCOC(=O)c1noc2c1CCc1ccc(OC)cc1-2. The maximum atomic E-state index is 11.8. The summed E-state index contributed by atoms with van der Waals surface area (Å²) >= 11 is 0. The molecular weight excluding hydrogens is 258 g/mol. The van der Waals surface area contributed by atoms with Crippen LogP contribution in [0.3, 0.4) is 0 Å². The van der Waals surface area contributed by atoms with Crippen molar-refractivity contribution in [3.8, 4) is 17.1 Å². The number of aromatic nitrogens is 1. The van der Waals surface area contributed by atoms with Crippen LogP contribution in [-0.4, -0.2) is 24.8 Å². The number of hydrogen-bond donors (Lipinski definition) is 0. The summed E-state index contributed by atoms with van der Waals surface area (Å²) in [6, 6.07) is 5.85. The van der Waals surface area contributed by atoms with Gasteiger partial charge in [-0.1, -0.05) is 11.2 Å². The number of nitrogens with zero attached hydrogens (tertiary/aromatic N) is 1. The lowest BCUT2D eigenvalue weighted by Crippen LogP contribution is -2.10. The fourth-order valence-electron chi connectivity index (χ4n) is 2.48. The maximum Gasteiger partial charge on any atom is 0.360 e. The summed E-state index contributed by atoms with van der Waals surface area (Å²) in [5.41, 5.74) is 3.22. The Morgan fingerprint density at radius 1 is 1.40 bits per heavy atom. The van der Waals surface area contributed by atoms with Crippen LogP contribution in [0.2, 0.25) is 0 Å². The van der Waals surface area contributed by atoms with Gasteiger partial charge < -0.3 is 14.0 Å². The second-order valence-electron chi connectivity index (χ2n) is 4.58. The molecule has 0 radical (unpaired) electrons. The van der Waals surface area contributed by atoms with Gasteiger partial charge in [0.25, 0.3) is 0 Å². The molecule has 1 aromatic heterocycles. The van der Waals surface area contributed by atoms with Crippen molar-refractivity contribution in [2.24, 2.45) is 0 Å². The van der Waals surface area contributed by atoms with Crippen molar-refractivity contribution < 1.29 is 18.8 Å². The fraction of sp³-hybridized carbons (Fsp3) is 0.333. The summed E-state index contributed by atoms with van der Waals surface area (Å²) in [7, 11) is 1.62. The molecule has 1 aliphatic carbocycles. The molecule has 0 saturated carbocycles. The highest BCUT2D eigenvalue weighted by molar-refractivity contribution is 5.91.